The fourth-order valence-electron chi connectivity index (χ4n) is 2.86. The van der Waals surface area contributed by atoms with E-state index < -0.39 is 23.8 Å². The van der Waals surface area contributed by atoms with Crippen molar-refractivity contribution in [3.8, 4) is 11.5 Å². The zero-order valence-electron chi connectivity index (χ0n) is 15.2. The normalized spacial score (nSPS) is 17.7. The van der Waals surface area contributed by atoms with Gasteiger partial charge in [0, 0.05) is 19.5 Å². The third kappa shape index (κ3) is 4.65. The molecule has 26 heavy (non-hydrogen) atoms. The average molecular weight is 364 g/mol. The van der Waals surface area contributed by atoms with Crippen molar-refractivity contribution in [2.24, 2.45) is 5.92 Å². The van der Waals surface area contributed by atoms with Crippen molar-refractivity contribution in [3.63, 3.8) is 0 Å². The topological polar surface area (TPSA) is 105 Å². The fourth-order valence-corrected chi connectivity index (χ4v) is 2.86. The number of benzene rings is 1. The summed E-state index contributed by atoms with van der Waals surface area (Å²) in [5.74, 6) is -0.867. The molecule has 142 valence electrons. The molecule has 1 heterocycles. The predicted molar refractivity (Wildman–Crippen MR) is 93.2 cm³/mol. The first-order chi connectivity index (χ1) is 12.3. The lowest BCUT2D eigenvalue weighted by Gasteiger charge is -2.18. The first-order valence-electron chi connectivity index (χ1n) is 8.37. The van der Waals surface area contributed by atoms with Crippen LogP contribution in [0, 0.1) is 5.92 Å². The maximum atomic E-state index is 12.1. The Hall–Kier alpha value is -2.77. The molecular formula is C18H24N2O6. The molecule has 0 radical (unpaired) electrons. The van der Waals surface area contributed by atoms with Crippen LogP contribution in [0.15, 0.2) is 18.2 Å². The van der Waals surface area contributed by atoms with E-state index in [0.717, 1.165) is 5.56 Å². The highest BCUT2D eigenvalue weighted by Gasteiger charge is 2.34. The molecule has 8 heteroatoms. The Morgan fingerprint density at radius 3 is 2.62 bits per heavy atom. The number of aliphatic carboxylic acids is 1. The number of hydrogen-bond donors (Lipinski definition) is 2. The number of likely N-dealkylation sites (tertiary alicyclic amines) is 1. The molecule has 1 saturated heterocycles. The van der Waals surface area contributed by atoms with Gasteiger partial charge < -0.3 is 24.8 Å². The SMILES string of the molecule is COc1ccc(CCN2CC(C(=O)N[C@H](C)C(=O)O)CC2=O)cc1OC. The van der Waals surface area contributed by atoms with Crippen molar-refractivity contribution < 1.29 is 29.0 Å². The molecule has 0 spiro atoms. The number of nitrogens with one attached hydrogen (secondary N) is 1. The number of carbonyl (C=O) groups excluding carboxylic acids is 2. The number of methoxy groups -OCH3 is 2. The molecule has 2 amide bonds. The van der Waals surface area contributed by atoms with Crippen LogP contribution in [0.2, 0.25) is 0 Å². The molecule has 1 fully saturated rings. The Morgan fingerprint density at radius 1 is 1.31 bits per heavy atom. The molecule has 0 bridgehead atoms. The molecule has 1 aromatic rings. The summed E-state index contributed by atoms with van der Waals surface area (Å²) in [5.41, 5.74) is 0.989. The molecule has 1 aromatic carbocycles. The van der Waals surface area contributed by atoms with Gasteiger partial charge in [-0.05, 0) is 31.0 Å². The van der Waals surface area contributed by atoms with Gasteiger partial charge in [-0.25, -0.2) is 0 Å². The summed E-state index contributed by atoms with van der Waals surface area (Å²) in [6.07, 6.45) is 0.718. The van der Waals surface area contributed by atoms with Crippen molar-refractivity contribution >= 4 is 17.8 Å². The smallest absolute Gasteiger partial charge is 0.325 e. The van der Waals surface area contributed by atoms with Gasteiger partial charge in [0.1, 0.15) is 6.04 Å². The number of carboxylic acid groups (broad SMARTS) is 1. The zero-order chi connectivity index (χ0) is 19.3. The Balaban J connectivity index is 1.92. The molecule has 1 unspecified atom stereocenters. The molecule has 2 atom stereocenters. The van der Waals surface area contributed by atoms with Gasteiger partial charge in [0.05, 0.1) is 20.1 Å². The van der Waals surface area contributed by atoms with Gasteiger partial charge in [-0.2, -0.15) is 0 Å². The first-order valence-corrected chi connectivity index (χ1v) is 8.37. The van der Waals surface area contributed by atoms with Crippen LogP contribution in [0.4, 0.5) is 0 Å². The summed E-state index contributed by atoms with van der Waals surface area (Å²) in [4.78, 5) is 36.7. The maximum absolute atomic E-state index is 12.1. The Morgan fingerprint density at radius 2 is 2.00 bits per heavy atom. The van der Waals surface area contributed by atoms with E-state index in [1.807, 2.05) is 18.2 Å². The highest BCUT2D eigenvalue weighted by molar-refractivity contribution is 5.91. The van der Waals surface area contributed by atoms with E-state index in [4.69, 9.17) is 14.6 Å². The van der Waals surface area contributed by atoms with E-state index in [1.54, 1.807) is 19.1 Å². The van der Waals surface area contributed by atoms with E-state index in [0.29, 0.717) is 31.0 Å². The van der Waals surface area contributed by atoms with Gasteiger partial charge in [0.2, 0.25) is 11.8 Å². The highest BCUT2D eigenvalue weighted by Crippen LogP contribution is 2.28. The number of carbonyl (C=O) groups is 3. The second-order valence-corrected chi connectivity index (χ2v) is 6.25. The molecule has 1 aliphatic rings. The van der Waals surface area contributed by atoms with Gasteiger partial charge in [0.15, 0.2) is 11.5 Å². The maximum Gasteiger partial charge on any atom is 0.325 e. The number of rotatable bonds is 8. The van der Waals surface area contributed by atoms with Crippen molar-refractivity contribution in [1.29, 1.82) is 0 Å². The Kier molecular flexibility index (Phi) is 6.43. The number of carboxylic acids is 1. The van der Waals surface area contributed by atoms with E-state index in [9.17, 15) is 14.4 Å². The van der Waals surface area contributed by atoms with Gasteiger partial charge in [0.25, 0.3) is 0 Å². The summed E-state index contributed by atoms with van der Waals surface area (Å²) in [7, 11) is 3.13. The quantitative estimate of drug-likeness (QED) is 0.703. The number of amides is 2. The Bertz CT molecular complexity index is 690. The second-order valence-electron chi connectivity index (χ2n) is 6.25. The lowest BCUT2D eigenvalue weighted by atomic mass is 10.1. The van der Waals surface area contributed by atoms with Crippen LogP contribution in [0.3, 0.4) is 0 Å². The largest absolute Gasteiger partial charge is 0.493 e. The van der Waals surface area contributed by atoms with E-state index >= 15 is 0 Å². The highest BCUT2D eigenvalue weighted by atomic mass is 16.5. The van der Waals surface area contributed by atoms with Gasteiger partial charge in [-0.15, -0.1) is 0 Å². The van der Waals surface area contributed by atoms with Crippen LogP contribution in [0.25, 0.3) is 0 Å². The van der Waals surface area contributed by atoms with Crippen molar-refractivity contribution in [1.82, 2.24) is 10.2 Å². The van der Waals surface area contributed by atoms with Crippen LogP contribution >= 0.6 is 0 Å². The minimum absolute atomic E-state index is 0.101. The van der Waals surface area contributed by atoms with Crippen molar-refractivity contribution in [3.05, 3.63) is 23.8 Å². The molecule has 2 rings (SSSR count). The zero-order valence-corrected chi connectivity index (χ0v) is 15.2. The summed E-state index contributed by atoms with van der Waals surface area (Å²) >= 11 is 0. The van der Waals surface area contributed by atoms with Gasteiger partial charge in [-0.3, -0.25) is 14.4 Å². The average Bonchev–Trinajstić information content (AvgIpc) is 3.00. The molecule has 1 aliphatic heterocycles. The number of nitrogens with zero attached hydrogens (tertiary/aromatic N) is 1. The van der Waals surface area contributed by atoms with Crippen LogP contribution < -0.4 is 14.8 Å². The van der Waals surface area contributed by atoms with Crippen LogP contribution in [-0.4, -0.2) is 61.1 Å². The number of ether oxygens (including phenoxy) is 2. The summed E-state index contributed by atoms with van der Waals surface area (Å²) in [6, 6.07) is 4.60. The van der Waals surface area contributed by atoms with Gasteiger partial charge >= 0.3 is 5.97 Å². The van der Waals surface area contributed by atoms with Crippen molar-refractivity contribution in [2.45, 2.75) is 25.8 Å². The second kappa shape index (κ2) is 8.55. The van der Waals surface area contributed by atoms with Gasteiger partial charge in [-0.1, -0.05) is 6.07 Å². The third-order valence-corrected chi connectivity index (χ3v) is 4.43. The van der Waals surface area contributed by atoms with E-state index in [2.05, 4.69) is 5.32 Å². The van der Waals surface area contributed by atoms with Crippen LogP contribution in [0.1, 0.15) is 18.9 Å². The molecular weight excluding hydrogens is 340 g/mol. The van der Waals surface area contributed by atoms with Crippen molar-refractivity contribution in [2.75, 3.05) is 27.3 Å². The molecule has 2 N–H and O–H groups in total. The minimum atomic E-state index is -1.10. The molecule has 8 nitrogen and oxygen atoms in total. The molecule has 0 aromatic heterocycles. The summed E-state index contributed by atoms with van der Waals surface area (Å²) in [5, 5.41) is 11.3. The number of hydrogen-bond acceptors (Lipinski definition) is 5. The minimum Gasteiger partial charge on any atom is -0.493 e. The third-order valence-electron chi connectivity index (χ3n) is 4.43. The lowest BCUT2D eigenvalue weighted by Crippen LogP contribution is -2.42. The molecule has 0 saturated carbocycles. The standard InChI is InChI=1S/C18H24N2O6/c1-11(18(23)24)19-17(22)13-9-16(21)20(10-13)7-6-12-4-5-14(25-2)15(8-12)26-3/h4-5,8,11,13H,6-7,9-10H2,1-3H3,(H,19,22)(H,23,24)/t11-,13?/m1/s1. The lowest BCUT2D eigenvalue weighted by molar-refractivity contribution is -0.141. The summed E-state index contributed by atoms with van der Waals surface area (Å²) in [6.45, 7) is 2.17. The van der Waals surface area contributed by atoms with Crippen LogP contribution in [0.5, 0.6) is 11.5 Å². The summed E-state index contributed by atoms with van der Waals surface area (Å²) < 4.78 is 10.5. The fraction of sp³-hybridized carbons (Fsp3) is 0.500. The predicted octanol–water partition coefficient (Wildman–Crippen LogP) is 0.684. The van der Waals surface area contributed by atoms with Crippen LogP contribution in [-0.2, 0) is 20.8 Å². The molecule has 0 aliphatic carbocycles. The monoisotopic (exact) mass is 364 g/mol. The van der Waals surface area contributed by atoms with E-state index in [-0.39, 0.29) is 12.3 Å². The first kappa shape index (κ1) is 19.6. The Labute approximate surface area is 152 Å². The van der Waals surface area contributed by atoms with E-state index in [1.165, 1.54) is 6.92 Å².